The summed E-state index contributed by atoms with van der Waals surface area (Å²) >= 11 is 0. The number of rotatable bonds is 7. The van der Waals surface area contributed by atoms with Crippen LogP contribution in [0.15, 0.2) is 66.7 Å². The minimum Gasteiger partial charge on any atom is -0.508 e. The molecule has 1 aliphatic carbocycles. The van der Waals surface area contributed by atoms with E-state index >= 15 is 0 Å². The van der Waals surface area contributed by atoms with Gasteiger partial charge in [0, 0.05) is 11.6 Å². The summed E-state index contributed by atoms with van der Waals surface area (Å²) in [6.07, 6.45) is 3.92. The SMILES string of the molecule is COc1ccccc1N(C(=O)c1ccc2c(c1)OCCO2)[C@@H](C(=O)NC1CCCC1)c1ccc(O)cc1. The van der Waals surface area contributed by atoms with Crippen LogP contribution >= 0.6 is 0 Å². The van der Waals surface area contributed by atoms with Crippen molar-refractivity contribution in [3.8, 4) is 23.0 Å². The normalized spacial score (nSPS) is 15.6. The van der Waals surface area contributed by atoms with E-state index in [1.54, 1.807) is 48.5 Å². The summed E-state index contributed by atoms with van der Waals surface area (Å²) in [7, 11) is 1.53. The van der Waals surface area contributed by atoms with Crippen LogP contribution in [0, 0.1) is 0 Å². The zero-order valence-electron chi connectivity index (χ0n) is 20.7. The molecule has 2 amide bonds. The van der Waals surface area contributed by atoms with Crippen molar-refractivity contribution >= 4 is 17.5 Å². The molecule has 0 saturated heterocycles. The second kappa shape index (κ2) is 10.8. The van der Waals surface area contributed by atoms with Gasteiger partial charge in [0.1, 0.15) is 30.8 Å². The molecule has 8 heteroatoms. The number of para-hydroxylation sites is 2. The smallest absolute Gasteiger partial charge is 0.259 e. The topological polar surface area (TPSA) is 97.3 Å². The van der Waals surface area contributed by atoms with Gasteiger partial charge in [0.15, 0.2) is 11.5 Å². The van der Waals surface area contributed by atoms with Gasteiger partial charge in [-0.1, -0.05) is 37.1 Å². The van der Waals surface area contributed by atoms with Crippen LogP contribution in [0.25, 0.3) is 0 Å². The highest BCUT2D eigenvalue weighted by Gasteiger charge is 2.36. The van der Waals surface area contributed by atoms with E-state index in [1.807, 2.05) is 6.07 Å². The van der Waals surface area contributed by atoms with Crippen LogP contribution in [0.1, 0.15) is 47.6 Å². The van der Waals surface area contributed by atoms with Gasteiger partial charge in [0.05, 0.1) is 12.8 Å². The van der Waals surface area contributed by atoms with Gasteiger partial charge in [0.2, 0.25) is 5.91 Å². The van der Waals surface area contributed by atoms with Crippen LogP contribution in [-0.2, 0) is 4.79 Å². The molecular weight excluding hydrogens is 472 g/mol. The number of ether oxygens (including phenoxy) is 3. The van der Waals surface area contributed by atoms with Gasteiger partial charge in [-0.05, 0) is 60.9 Å². The number of methoxy groups -OCH3 is 1. The fourth-order valence-electron chi connectivity index (χ4n) is 4.93. The van der Waals surface area contributed by atoms with Crippen molar-refractivity contribution in [1.82, 2.24) is 5.32 Å². The van der Waals surface area contributed by atoms with E-state index in [9.17, 15) is 14.7 Å². The first-order chi connectivity index (χ1) is 18.0. The molecule has 1 aliphatic heterocycles. The van der Waals surface area contributed by atoms with Gasteiger partial charge >= 0.3 is 0 Å². The highest BCUT2D eigenvalue weighted by molar-refractivity contribution is 6.11. The fraction of sp³-hybridized carbons (Fsp3) is 0.310. The molecule has 37 heavy (non-hydrogen) atoms. The molecule has 2 aliphatic rings. The number of hydrogen-bond donors (Lipinski definition) is 2. The van der Waals surface area contributed by atoms with E-state index in [-0.39, 0.29) is 17.7 Å². The molecule has 1 saturated carbocycles. The molecule has 3 aromatic carbocycles. The Morgan fingerprint density at radius 1 is 0.973 bits per heavy atom. The first kappa shape index (κ1) is 24.5. The minimum atomic E-state index is -1.02. The standard InChI is InChI=1S/C29H30N2O6/c1-35-24-9-5-4-8-23(24)31(29(34)20-12-15-25-26(18-20)37-17-16-36-25)27(19-10-13-22(32)14-11-19)28(33)30-21-6-2-3-7-21/h4-5,8-15,18,21,27,32H,2-3,6-7,16-17H2,1H3,(H,30,33)/t27-/m1/s1. The quantitative estimate of drug-likeness (QED) is 0.489. The van der Waals surface area contributed by atoms with Crippen molar-refractivity contribution < 1.29 is 28.9 Å². The van der Waals surface area contributed by atoms with Gasteiger partial charge in [-0.15, -0.1) is 0 Å². The number of phenols is 1. The maximum absolute atomic E-state index is 14.3. The summed E-state index contributed by atoms with van der Waals surface area (Å²) in [4.78, 5) is 29.6. The Morgan fingerprint density at radius 3 is 2.41 bits per heavy atom. The Hall–Kier alpha value is -4.20. The van der Waals surface area contributed by atoms with Crippen molar-refractivity contribution in [1.29, 1.82) is 0 Å². The molecule has 5 rings (SSSR count). The lowest BCUT2D eigenvalue weighted by Gasteiger charge is -2.33. The summed E-state index contributed by atoms with van der Waals surface area (Å²) in [5.74, 6) is 0.872. The number of benzene rings is 3. The molecular formula is C29H30N2O6. The van der Waals surface area contributed by atoms with Gasteiger partial charge in [0.25, 0.3) is 5.91 Å². The average Bonchev–Trinajstić information content (AvgIpc) is 3.44. The van der Waals surface area contributed by atoms with Crippen LogP contribution in [0.2, 0.25) is 0 Å². The number of amides is 2. The summed E-state index contributed by atoms with van der Waals surface area (Å²) in [5.41, 5.74) is 1.35. The van der Waals surface area contributed by atoms with E-state index in [2.05, 4.69) is 5.32 Å². The lowest BCUT2D eigenvalue weighted by Crippen LogP contribution is -2.46. The number of anilines is 1. The third-order valence-corrected chi connectivity index (χ3v) is 6.77. The number of fused-ring (bicyclic) bond motifs is 1. The summed E-state index contributed by atoms with van der Waals surface area (Å²) in [6, 6.07) is 17.5. The van der Waals surface area contributed by atoms with Crippen LogP contribution in [0.5, 0.6) is 23.0 Å². The van der Waals surface area contributed by atoms with Crippen LogP contribution in [0.4, 0.5) is 5.69 Å². The first-order valence-corrected chi connectivity index (χ1v) is 12.5. The Balaban J connectivity index is 1.63. The second-order valence-electron chi connectivity index (χ2n) is 9.19. The lowest BCUT2D eigenvalue weighted by atomic mass is 10.0. The molecule has 0 radical (unpaired) electrons. The monoisotopic (exact) mass is 502 g/mol. The Kier molecular flexibility index (Phi) is 7.16. The van der Waals surface area contributed by atoms with Crippen molar-refractivity contribution in [2.24, 2.45) is 0 Å². The largest absolute Gasteiger partial charge is 0.508 e. The summed E-state index contributed by atoms with van der Waals surface area (Å²) < 4.78 is 16.9. The third-order valence-electron chi connectivity index (χ3n) is 6.77. The summed E-state index contributed by atoms with van der Waals surface area (Å²) in [6.45, 7) is 0.832. The van der Waals surface area contributed by atoms with E-state index in [0.717, 1.165) is 25.7 Å². The zero-order valence-corrected chi connectivity index (χ0v) is 20.7. The minimum absolute atomic E-state index is 0.0519. The molecule has 0 aromatic heterocycles. The van der Waals surface area contributed by atoms with Gasteiger partial charge in [-0.25, -0.2) is 0 Å². The first-order valence-electron chi connectivity index (χ1n) is 12.5. The molecule has 0 bridgehead atoms. The Morgan fingerprint density at radius 2 is 1.68 bits per heavy atom. The number of carbonyl (C=O) groups is 2. The molecule has 1 heterocycles. The predicted octanol–water partition coefficient (Wildman–Crippen LogP) is 4.62. The van der Waals surface area contributed by atoms with Gasteiger partial charge < -0.3 is 24.6 Å². The van der Waals surface area contributed by atoms with E-state index in [0.29, 0.717) is 47.3 Å². The highest BCUT2D eigenvalue weighted by Crippen LogP contribution is 2.38. The molecule has 192 valence electrons. The van der Waals surface area contributed by atoms with Gasteiger partial charge in [-0.3, -0.25) is 14.5 Å². The van der Waals surface area contributed by atoms with Crippen molar-refractivity contribution in [2.75, 3.05) is 25.2 Å². The number of carbonyl (C=O) groups excluding carboxylic acids is 2. The number of aromatic hydroxyl groups is 1. The Labute approximate surface area is 215 Å². The van der Waals surface area contributed by atoms with Crippen LogP contribution in [0.3, 0.4) is 0 Å². The fourth-order valence-corrected chi connectivity index (χ4v) is 4.93. The number of nitrogens with one attached hydrogen (secondary N) is 1. The molecule has 3 aromatic rings. The van der Waals surface area contributed by atoms with Crippen molar-refractivity contribution in [2.45, 2.75) is 37.8 Å². The van der Waals surface area contributed by atoms with Gasteiger partial charge in [-0.2, -0.15) is 0 Å². The number of nitrogens with zero attached hydrogens (tertiary/aromatic N) is 1. The zero-order chi connectivity index (χ0) is 25.8. The van der Waals surface area contributed by atoms with E-state index in [4.69, 9.17) is 14.2 Å². The van der Waals surface area contributed by atoms with Crippen molar-refractivity contribution in [3.05, 3.63) is 77.9 Å². The summed E-state index contributed by atoms with van der Waals surface area (Å²) in [5, 5.41) is 13.1. The molecule has 1 atom stereocenters. The third kappa shape index (κ3) is 5.18. The molecule has 1 fully saturated rings. The van der Waals surface area contributed by atoms with E-state index < -0.39 is 11.9 Å². The number of phenolic OH excluding ortho intramolecular Hbond substituents is 1. The number of hydrogen-bond acceptors (Lipinski definition) is 6. The molecule has 0 unspecified atom stereocenters. The second-order valence-corrected chi connectivity index (χ2v) is 9.19. The average molecular weight is 503 g/mol. The van der Waals surface area contributed by atoms with Crippen LogP contribution in [-0.4, -0.2) is 43.3 Å². The Bertz CT molecular complexity index is 1270. The molecule has 8 nitrogen and oxygen atoms in total. The maximum atomic E-state index is 14.3. The molecule has 2 N–H and O–H groups in total. The van der Waals surface area contributed by atoms with E-state index in [1.165, 1.54) is 24.1 Å². The molecule has 0 spiro atoms. The maximum Gasteiger partial charge on any atom is 0.259 e. The van der Waals surface area contributed by atoms with Crippen molar-refractivity contribution in [3.63, 3.8) is 0 Å². The highest BCUT2D eigenvalue weighted by atomic mass is 16.6. The van der Waals surface area contributed by atoms with Crippen LogP contribution < -0.4 is 24.4 Å². The lowest BCUT2D eigenvalue weighted by molar-refractivity contribution is -0.123. The predicted molar refractivity (Wildman–Crippen MR) is 138 cm³/mol.